The molecule has 0 spiro atoms. The summed E-state index contributed by atoms with van der Waals surface area (Å²) in [5.41, 5.74) is 1.41. The van der Waals surface area contributed by atoms with Gasteiger partial charge in [-0.05, 0) is 48.8 Å². The van der Waals surface area contributed by atoms with Crippen LogP contribution >= 0.6 is 0 Å². The Labute approximate surface area is 292 Å². The fourth-order valence-electron chi connectivity index (χ4n) is 7.05. The minimum atomic E-state index is -3.89. The molecule has 6 rings (SSSR count). The summed E-state index contributed by atoms with van der Waals surface area (Å²) in [7, 11) is -2.24. The van der Waals surface area contributed by atoms with Crippen LogP contribution in [0.3, 0.4) is 0 Å². The Morgan fingerprint density at radius 2 is 1.96 bits per heavy atom. The molecule has 15 heteroatoms. The molecule has 3 N–H and O–H groups in total. The highest BCUT2D eigenvalue weighted by molar-refractivity contribution is 7.91. The maximum atomic E-state index is 14.3. The van der Waals surface area contributed by atoms with E-state index >= 15 is 0 Å². The topological polar surface area (TPSA) is 175 Å². The maximum absolute atomic E-state index is 14.3. The normalized spacial score (nSPS) is 29.0. The van der Waals surface area contributed by atoms with Crippen LogP contribution in [0.15, 0.2) is 36.9 Å². The molecule has 3 fully saturated rings. The monoisotopic (exact) mass is 710 g/mol. The number of nitrogens with zero attached hydrogens (tertiary/aromatic N) is 3. The van der Waals surface area contributed by atoms with Crippen molar-refractivity contribution in [3.63, 3.8) is 0 Å². The number of unbranched alkanes of at least 4 members (excludes halogenated alkanes) is 1. The molecule has 2 aliphatic carbocycles. The molecule has 6 amide bonds. The Kier molecular flexibility index (Phi) is 9.98. The van der Waals surface area contributed by atoms with E-state index in [1.54, 1.807) is 11.9 Å². The first-order valence-corrected chi connectivity index (χ1v) is 19.0. The van der Waals surface area contributed by atoms with Gasteiger partial charge < -0.3 is 25.2 Å². The number of sulfonamides is 1. The van der Waals surface area contributed by atoms with Gasteiger partial charge in [0, 0.05) is 32.5 Å². The molecule has 0 radical (unpaired) electrons. The summed E-state index contributed by atoms with van der Waals surface area (Å²) in [6.45, 7) is 6.68. The number of rotatable bonds is 9. The number of fused-ring (bicyclic) bond motifs is 3. The number of hydrogen-bond acceptors (Lipinski definition) is 8. The van der Waals surface area contributed by atoms with Crippen LogP contribution in [0.25, 0.3) is 6.08 Å². The Morgan fingerprint density at radius 1 is 1.18 bits per heavy atom. The van der Waals surface area contributed by atoms with E-state index in [1.807, 2.05) is 37.3 Å². The zero-order valence-electron chi connectivity index (χ0n) is 28.6. The second kappa shape index (κ2) is 14.1. The standard InChI is InChI=1S/C35H46N6O8S/c1-4-6-13-28-31(43)41-20-25(17-29(41)30(42)37-35(18-24(35)5-2)32(44)38-50(47,48)26-14-15-26)49-34(46)40-19-23-12-9-11-22(27(23)21-40)10-7-8-16-39(3)33(45)36-28/h5,7,9-12,24-26,28-29H,2,4,6,8,13-21H2,1,3H3,(H,36,45)(H,37,42)(H,38,44)/b10-7+/t24-,25-,28+,29+,35-/m1/s1. The average Bonchev–Trinajstić information content (AvgIpc) is 3.98. The summed E-state index contributed by atoms with van der Waals surface area (Å²) in [6.07, 6.45) is 7.28. The molecule has 4 bridgehead atoms. The van der Waals surface area contributed by atoms with E-state index in [-0.39, 0.29) is 19.4 Å². The van der Waals surface area contributed by atoms with Crippen molar-refractivity contribution >= 4 is 45.9 Å². The first-order chi connectivity index (χ1) is 23.9. The van der Waals surface area contributed by atoms with Gasteiger partial charge in [-0.2, -0.15) is 0 Å². The number of benzene rings is 1. The summed E-state index contributed by atoms with van der Waals surface area (Å²) in [4.78, 5) is 73.0. The Balaban J connectivity index is 1.28. The molecular weight excluding hydrogens is 664 g/mol. The minimum absolute atomic E-state index is 0.0523. The van der Waals surface area contributed by atoms with Gasteiger partial charge in [0.15, 0.2) is 0 Å². The highest BCUT2D eigenvalue weighted by Gasteiger charge is 2.62. The van der Waals surface area contributed by atoms with E-state index in [9.17, 15) is 32.4 Å². The number of carbonyl (C=O) groups excluding carboxylic acids is 5. The number of urea groups is 1. The molecule has 1 aromatic rings. The summed E-state index contributed by atoms with van der Waals surface area (Å²) in [6, 6.07) is 3.31. The second-order valence-electron chi connectivity index (χ2n) is 14.0. The first kappa shape index (κ1) is 35.4. The highest BCUT2D eigenvalue weighted by Crippen LogP contribution is 2.45. The van der Waals surface area contributed by atoms with Gasteiger partial charge in [-0.25, -0.2) is 18.0 Å². The number of hydrogen-bond donors (Lipinski definition) is 3. The summed E-state index contributed by atoms with van der Waals surface area (Å²) in [5, 5.41) is 4.97. The smallest absolute Gasteiger partial charge is 0.410 e. The van der Waals surface area contributed by atoms with Crippen molar-refractivity contribution < 1.29 is 37.1 Å². The third kappa shape index (κ3) is 7.23. The second-order valence-corrected chi connectivity index (χ2v) is 16.0. The van der Waals surface area contributed by atoms with E-state index in [4.69, 9.17) is 4.74 Å². The Bertz CT molecular complexity index is 1710. The van der Waals surface area contributed by atoms with Crippen LogP contribution in [-0.2, 0) is 42.2 Å². The molecule has 1 saturated heterocycles. The first-order valence-electron chi connectivity index (χ1n) is 17.4. The lowest BCUT2D eigenvalue weighted by Crippen LogP contribution is -2.58. The third-order valence-electron chi connectivity index (χ3n) is 10.4. The van der Waals surface area contributed by atoms with Crippen LogP contribution < -0.4 is 15.4 Å². The fraction of sp³-hybridized carbons (Fsp3) is 0.571. The number of amides is 6. The van der Waals surface area contributed by atoms with E-state index in [0.717, 1.165) is 23.1 Å². The molecule has 14 nitrogen and oxygen atoms in total. The molecule has 5 atom stereocenters. The highest BCUT2D eigenvalue weighted by atomic mass is 32.2. The predicted octanol–water partition coefficient (Wildman–Crippen LogP) is 2.39. The molecule has 0 aromatic heterocycles. The lowest BCUT2D eigenvalue weighted by molar-refractivity contribution is -0.141. The quantitative estimate of drug-likeness (QED) is 0.328. The van der Waals surface area contributed by atoms with Gasteiger partial charge in [0.1, 0.15) is 23.7 Å². The molecule has 50 heavy (non-hydrogen) atoms. The Hall–Kier alpha value is -4.40. The van der Waals surface area contributed by atoms with Crippen LogP contribution in [0.5, 0.6) is 0 Å². The van der Waals surface area contributed by atoms with E-state index < -0.39 is 74.8 Å². The Morgan fingerprint density at radius 3 is 2.66 bits per heavy atom. The van der Waals surface area contributed by atoms with Gasteiger partial charge in [-0.15, -0.1) is 6.58 Å². The van der Waals surface area contributed by atoms with Crippen LogP contribution in [0.1, 0.15) is 75.0 Å². The van der Waals surface area contributed by atoms with Crippen LogP contribution in [-0.4, -0.2) is 102 Å². The zero-order valence-corrected chi connectivity index (χ0v) is 29.4. The SMILES string of the molecule is C=C[C@@H]1C[C@]1(NC(=O)[C@@H]1C[C@@H]2CN1C(=O)[C@H](CCCC)NC(=O)N(C)CC/C=C/c1cccc3c1CN(C3)C(=O)O2)C(=O)NS(=O)(=O)C1CC1. The largest absolute Gasteiger partial charge is 0.444 e. The average molecular weight is 711 g/mol. The van der Waals surface area contributed by atoms with Crippen LogP contribution in [0, 0.1) is 5.92 Å². The van der Waals surface area contributed by atoms with Crippen molar-refractivity contribution in [2.75, 3.05) is 20.1 Å². The maximum Gasteiger partial charge on any atom is 0.410 e. The molecule has 3 heterocycles. The van der Waals surface area contributed by atoms with Gasteiger partial charge in [0.05, 0.1) is 18.3 Å². The van der Waals surface area contributed by atoms with Crippen molar-refractivity contribution in [3.05, 3.63) is 53.6 Å². The lowest BCUT2D eigenvalue weighted by Gasteiger charge is -2.30. The van der Waals surface area contributed by atoms with Crippen molar-refractivity contribution in [2.45, 2.75) is 100 Å². The van der Waals surface area contributed by atoms with Gasteiger partial charge in [-0.1, -0.05) is 56.2 Å². The zero-order chi connectivity index (χ0) is 35.8. The molecule has 1 aromatic carbocycles. The molecule has 270 valence electrons. The van der Waals surface area contributed by atoms with Gasteiger partial charge in [0.25, 0.3) is 5.91 Å². The van der Waals surface area contributed by atoms with E-state index in [2.05, 4.69) is 21.9 Å². The van der Waals surface area contributed by atoms with Crippen molar-refractivity contribution in [1.82, 2.24) is 30.1 Å². The van der Waals surface area contributed by atoms with E-state index in [0.29, 0.717) is 51.7 Å². The molecule has 2 saturated carbocycles. The summed E-state index contributed by atoms with van der Waals surface area (Å²) >= 11 is 0. The molecule has 5 aliphatic rings. The van der Waals surface area contributed by atoms with Gasteiger partial charge in [0.2, 0.25) is 21.8 Å². The summed E-state index contributed by atoms with van der Waals surface area (Å²) in [5.74, 6) is -2.57. The predicted molar refractivity (Wildman–Crippen MR) is 183 cm³/mol. The summed E-state index contributed by atoms with van der Waals surface area (Å²) < 4.78 is 33.3. The van der Waals surface area contributed by atoms with E-state index in [1.165, 1.54) is 15.9 Å². The van der Waals surface area contributed by atoms with Crippen molar-refractivity contribution in [1.29, 1.82) is 0 Å². The number of nitrogens with one attached hydrogen (secondary N) is 3. The lowest BCUT2D eigenvalue weighted by atomic mass is 10.0. The van der Waals surface area contributed by atoms with Gasteiger partial charge in [-0.3, -0.25) is 24.0 Å². The fourth-order valence-corrected chi connectivity index (χ4v) is 8.41. The number of ether oxygens (including phenoxy) is 1. The van der Waals surface area contributed by atoms with Crippen molar-refractivity contribution in [3.8, 4) is 0 Å². The van der Waals surface area contributed by atoms with Gasteiger partial charge >= 0.3 is 12.1 Å². The third-order valence-corrected chi connectivity index (χ3v) is 12.2. The molecule has 3 aliphatic heterocycles. The van der Waals surface area contributed by atoms with Crippen LogP contribution in [0.2, 0.25) is 0 Å². The van der Waals surface area contributed by atoms with Crippen LogP contribution in [0.4, 0.5) is 9.59 Å². The minimum Gasteiger partial charge on any atom is -0.444 e. The molecular formula is C35H46N6O8S. The van der Waals surface area contributed by atoms with Crippen molar-refractivity contribution in [2.24, 2.45) is 5.92 Å². The molecule has 0 unspecified atom stereocenters. The number of carbonyl (C=O) groups is 5.